The summed E-state index contributed by atoms with van der Waals surface area (Å²) in [7, 11) is 0. The zero-order valence-electron chi connectivity index (χ0n) is 15.3. The Labute approximate surface area is 147 Å². The van der Waals surface area contributed by atoms with Crippen molar-refractivity contribution in [2.24, 2.45) is 0 Å². The van der Waals surface area contributed by atoms with Crippen LogP contribution in [0, 0.1) is 0 Å². The van der Waals surface area contributed by atoms with Gasteiger partial charge in [-0.1, -0.05) is 63.3 Å². The van der Waals surface area contributed by atoms with Gasteiger partial charge in [-0.05, 0) is 32.1 Å². The van der Waals surface area contributed by atoms with Crippen LogP contribution in [-0.2, 0) is 9.53 Å². The number of carbonyl (C=O) groups excluding carboxylic acids is 1. The Morgan fingerprint density at radius 2 is 1.54 bits per heavy atom. The first-order valence-corrected chi connectivity index (χ1v) is 9.47. The lowest BCUT2D eigenvalue weighted by Gasteiger charge is -2.08. The molecular weight excluding hydrogens is 304 g/mol. The molecule has 140 valence electrons. The second kappa shape index (κ2) is 18.2. The maximum atomic E-state index is 11.4. The number of allylic oxidation sites excluding steroid dienone is 4. The van der Waals surface area contributed by atoms with Crippen LogP contribution in [0.3, 0.4) is 0 Å². The van der Waals surface area contributed by atoms with Crippen molar-refractivity contribution in [2.45, 2.75) is 83.7 Å². The molecule has 2 N–H and O–H groups in total. The third-order valence-electron chi connectivity index (χ3n) is 3.76. The molecule has 0 fully saturated rings. The van der Waals surface area contributed by atoms with Gasteiger partial charge >= 0.3 is 5.97 Å². The number of carbonyl (C=O) groups is 1. The molecule has 1 unspecified atom stereocenters. The summed E-state index contributed by atoms with van der Waals surface area (Å²) < 4.78 is 4.84. The maximum absolute atomic E-state index is 11.4. The topological polar surface area (TPSA) is 66.8 Å². The Bertz CT molecular complexity index is 337. The fraction of sp³-hybridized carbons (Fsp3) is 0.750. The monoisotopic (exact) mass is 340 g/mol. The van der Waals surface area contributed by atoms with E-state index in [1.54, 1.807) is 0 Å². The van der Waals surface area contributed by atoms with Crippen LogP contribution < -0.4 is 0 Å². The molecule has 0 saturated carbocycles. The molecular formula is C20H36O4. The van der Waals surface area contributed by atoms with E-state index in [1.165, 1.54) is 38.5 Å². The van der Waals surface area contributed by atoms with Crippen molar-refractivity contribution in [1.29, 1.82) is 0 Å². The predicted molar refractivity (Wildman–Crippen MR) is 98.8 cm³/mol. The second-order valence-electron chi connectivity index (χ2n) is 6.18. The number of esters is 1. The quantitative estimate of drug-likeness (QED) is 0.250. The molecule has 24 heavy (non-hydrogen) atoms. The number of aliphatic hydroxyl groups is 2. The lowest BCUT2D eigenvalue weighted by molar-refractivity contribution is -0.147. The van der Waals surface area contributed by atoms with Crippen LogP contribution >= 0.6 is 0 Å². The maximum Gasteiger partial charge on any atom is 0.305 e. The van der Waals surface area contributed by atoms with Crippen molar-refractivity contribution in [2.75, 3.05) is 13.2 Å². The van der Waals surface area contributed by atoms with Crippen LogP contribution in [0.25, 0.3) is 0 Å². The van der Waals surface area contributed by atoms with E-state index in [9.17, 15) is 4.79 Å². The lowest BCUT2D eigenvalue weighted by Crippen LogP contribution is -2.21. The van der Waals surface area contributed by atoms with E-state index in [1.807, 2.05) is 0 Å². The van der Waals surface area contributed by atoms with Crippen molar-refractivity contribution >= 4 is 5.97 Å². The Hall–Kier alpha value is -1.13. The van der Waals surface area contributed by atoms with E-state index in [0.717, 1.165) is 25.7 Å². The van der Waals surface area contributed by atoms with Crippen molar-refractivity contribution in [3.63, 3.8) is 0 Å². The SMILES string of the molecule is CCCCC/C=C\C=C/CCCCCCCC(=O)OCC(O)CO. The van der Waals surface area contributed by atoms with Gasteiger partial charge in [-0.3, -0.25) is 4.79 Å². The largest absolute Gasteiger partial charge is 0.463 e. The Balaban J connectivity index is 3.31. The molecule has 4 heteroatoms. The number of unbranched alkanes of at least 4 members (excludes halogenated alkanes) is 8. The minimum atomic E-state index is -0.965. The molecule has 0 heterocycles. The van der Waals surface area contributed by atoms with Gasteiger partial charge in [-0.25, -0.2) is 0 Å². The normalized spacial score (nSPS) is 13.0. The molecule has 0 bridgehead atoms. The van der Waals surface area contributed by atoms with Gasteiger partial charge in [0.25, 0.3) is 0 Å². The van der Waals surface area contributed by atoms with E-state index in [2.05, 4.69) is 31.2 Å². The van der Waals surface area contributed by atoms with E-state index in [4.69, 9.17) is 14.9 Å². The minimum absolute atomic E-state index is 0.116. The van der Waals surface area contributed by atoms with Gasteiger partial charge in [0, 0.05) is 6.42 Å². The average Bonchev–Trinajstić information content (AvgIpc) is 2.59. The van der Waals surface area contributed by atoms with Gasteiger partial charge in [-0.15, -0.1) is 0 Å². The van der Waals surface area contributed by atoms with Gasteiger partial charge in [0.2, 0.25) is 0 Å². The Morgan fingerprint density at radius 3 is 2.17 bits per heavy atom. The van der Waals surface area contributed by atoms with Crippen LogP contribution in [0.4, 0.5) is 0 Å². The van der Waals surface area contributed by atoms with E-state index in [0.29, 0.717) is 6.42 Å². The first kappa shape index (κ1) is 22.9. The minimum Gasteiger partial charge on any atom is -0.463 e. The fourth-order valence-corrected chi connectivity index (χ4v) is 2.24. The second-order valence-corrected chi connectivity index (χ2v) is 6.18. The fourth-order valence-electron chi connectivity index (χ4n) is 2.24. The van der Waals surface area contributed by atoms with Crippen molar-refractivity contribution < 1.29 is 19.7 Å². The van der Waals surface area contributed by atoms with Gasteiger partial charge in [-0.2, -0.15) is 0 Å². The van der Waals surface area contributed by atoms with E-state index >= 15 is 0 Å². The Kier molecular flexibility index (Phi) is 17.4. The molecule has 0 aromatic carbocycles. The summed E-state index contributed by atoms with van der Waals surface area (Å²) >= 11 is 0. The standard InChI is InChI=1S/C20H36O4/c1-2-3-4-5-6-7-8-9-10-11-12-13-14-15-16-20(23)24-18-19(22)17-21/h6-9,19,21-22H,2-5,10-18H2,1H3/b7-6-,9-8-. The van der Waals surface area contributed by atoms with Crippen LogP contribution in [-0.4, -0.2) is 35.5 Å². The summed E-state index contributed by atoms with van der Waals surface area (Å²) in [4.78, 5) is 11.4. The van der Waals surface area contributed by atoms with E-state index in [-0.39, 0.29) is 19.2 Å². The van der Waals surface area contributed by atoms with E-state index < -0.39 is 6.10 Å². The molecule has 1 atom stereocenters. The highest BCUT2D eigenvalue weighted by atomic mass is 16.5. The summed E-state index contributed by atoms with van der Waals surface area (Å²) in [6.07, 6.45) is 19.7. The molecule has 0 aliphatic heterocycles. The summed E-state index contributed by atoms with van der Waals surface area (Å²) in [5, 5.41) is 17.7. The number of aliphatic hydroxyl groups excluding tert-OH is 2. The Morgan fingerprint density at radius 1 is 0.958 bits per heavy atom. The molecule has 0 radical (unpaired) electrons. The third-order valence-corrected chi connectivity index (χ3v) is 3.76. The predicted octanol–water partition coefficient (Wildman–Crippen LogP) is 4.31. The average molecular weight is 341 g/mol. The molecule has 0 rings (SSSR count). The number of ether oxygens (including phenoxy) is 1. The summed E-state index contributed by atoms with van der Waals surface area (Å²) in [5.74, 6) is -0.295. The van der Waals surface area contributed by atoms with Crippen LogP contribution in [0.5, 0.6) is 0 Å². The molecule has 0 aliphatic carbocycles. The van der Waals surface area contributed by atoms with Crippen molar-refractivity contribution in [3.05, 3.63) is 24.3 Å². The highest BCUT2D eigenvalue weighted by Crippen LogP contribution is 2.08. The number of hydrogen-bond acceptors (Lipinski definition) is 4. The third kappa shape index (κ3) is 17.2. The molecule has 0 aromatic heterocycles. The zero-order chi connectivity index (χ0) is 17.9. The highest BCUT2D eigenvalue weighted by molar-refractivity contribution is 5.69. The van der Waals surface area contributed by atoms with Gasteiger partial charge in [0.15, 0.2) is 0 Å². The first-order valence-electron chi connectivity index (χ1n) is 9.47. The molecule has 4 nitrogen and oxygen atoms in total. The van der Waals surface area contributed by atoms with Crippen LogP contribution in [0.1, 0.15) is 77.6 Å². The summed E-state index contributed by atoms with van der Waals surface area (Å²) in [6.45, 7) is 1.73. The summed E-state index contributed by atoms with van der Waals surface area (Å²) in [6, 6.07) is 0. The van der Waals surface area contributed by atoms with Crippen molar-refractivity contribution in [1.82, 2.24) is 0 Å². The first-order chi connectivity index (χ1) is 11.7. The van der Waals surface area contributed by atoms with Gasteiger partial charge in [0.05, 0.1) is 6.61 Å². The summed E-state index contributed by atoms with van der Waals surface area (Å²) in [5.41, 5.74) is 0. The molecule has 0 aliphatic rings. The van der Waals surface area contributed by atoms with Gasteiger partial charge in [0.1, 0.15) is 12.7 Å². The van der Waals surface area contributed by atoms with Gasteiger partial charge < -0.3 is 14.9 Å². The zero-order valence-corrected chi connectivity index (χ0v) is 15.3. The smallest absolute Gasteiger partial charge is 0.305 e. The number of hydrogen-bond donors (Lipinski definition) is 2. The van der Waals surface area contributed by atoms with Crippen LogP contribution in [0.2, 0.25) is 0 Å². The lowest BCUT2D eigenvalue weighted by atomic mass is 10.1. The number of rotatable bonds is 16. The van der Waals surface area contributed by atoms with Crippen molar-refractivity contribution in [3.8, 4) is 0 Å². The van der Waals surface area contributed by atoms with Crippen LogP contribution in [0.15, 0.2) is 24.3 Å². The molecule has 0 aromatic rings. The highest BCUT2D eigenvalue weighted by Gasteiger charge is 2.07. The molecule has 0 amide bonds. The molecule has 0 spiro atoms. The molecule has 0 saturated heterocycles.